The maximum atomic E-state index is 4.94. The van der Waals surface area contributed by atoms with Gasteiger partial charge in [0.1, 0.15) is 5.71 Å². The van der Waals surface area contributed by atoms with Gasteiger partial charge in [0.2, 0.25) is 5.52 Å². The summed E-state index contributed by atoms with van der Waals surface area (Å²) in [6.07, 6.45) is 0. The van der Waals surface area contributed by atoms with Crippen LogP contribution in [0.1, 0.15) is 12.5 Å². The Morgan fingerprint density at radius 3 is 2.50 bits per heavy atom. The van der Waals surface area contributed by atoms with E-state index in [4.69, 9.17) is 5.10 Å². The van der Waals surface area contributed by atoms with Gasteiger partial charge in [0.05, 0.1) is 12.3 Å². The van der Waals surface area contributed by atoms with Crippen LogP contribution in [0.15, 0.2) is 64.9 Å². The number of hydrogen-bond donors (Lipinski definition) is 0. The fraction of sp³-hybridized carbons (Fsp3) is 0.176. The molecule has 0 N–H and O–H groups in total. The van der Waals surface area contributed by atoms with Gasteiger partial charge in [0.25, 0.3) is 0 Å². The SMILES string of the molecule is CC1Sc2n(c3ccccc3[n+]2C)N=C1c1ccccc1.[Br-]. The van der Waals surface area contributed by atoms with Crippen LogP contribution >= 0.6 is 11.8 Å². The van der Waals surface area contributed by atoms with E-state index in [1.54, 1.807) is 0 Å². The van der Waals surface area contributed by atoms with E-state index in [1.165, 1.54) is 16.2 Å². The number of aryl methyl sites for hydroxylation is 1. The topological polar surface area (TPSA) is 21.2 Å². The summed E-state index contributed by atoms with van der Waals surface area (Å²) in [5, 5.41) is 6.46. The van der Waals surface area contributed by atoms with Crippen LogP contribution in [0.2, 0.25) is 0 Å². The van der Waals surface area contributed by atoms with Gasteiger partial charge in [-0.1, -0.05) is 52.2 Å². The Hall–Kier alpha value is -1.59. The van der Waals surface area contributed by atoms with Gasteiger partial charge in [-0.15, -0.1) is 0 Å². The molecule has 0 radical (unpaired) electrons. The smallest absolute Gasteiger partial charge is 0.345 e. The zero-order valence-corrected chi connectivity index (χ0v) is 14.8. The van der Waals surface area contributed by atoms with Crippen LogP contribution < -0.4 is 21.5 Å². The molecule has 0 aliphatic carbocycles. The number of fused-ring (bicyclic) bond motifs is 3. The monoisotopic (exact) mass is 373 g/mol. The van der Waals surface area contributed by atoms with E-state index in [9.17, 15) is 0 Å². The highest BCUT2D eigenvalue weighted by atomic mass is 79.9. The highest BCUT2D eigenvalue weighted by molar-refractivity contribution is 8.00. The molecular formula is C17H16BrN3S. The number of para-hydroxylation sites is 2. The first-order valence-corrected chi connectivity index (χ1v) is 7.94. The number of nitrogens with zero attached hydrogens (tertiary/aromatic N) is 3. The van der Waals surface area contributed by atoms with Crippen molar-refractivity contribution < 1.29 is 21.5 Å². The van der Waals surface area contributed by atoms with E-state index in [-0.39, 0.29) is 17.0 Å². The summed E-state index contributed by atoms with van der Waals surface area (Å²) in [7, 11) is 2.11. The quantitative estimate of drug-likeness (QED) is 0.559. The lowest BCUT2D eigenvalue weighted by molar-refractivity contribution is -0.685. The van der Waals surface area contributed by atoms with Crippen LogP contribution in [-0.4, -0.2) is 15.6 Å². The standard InChI is InChI=1S/C17H16N3S.BrH/c1-12-16(13-8-4-3-5-9-13)18-20-15-11-7-6-10-14(15)19(2)17(20)21-12;/h3-12H,1-2H3;1H/q+1;/p-1. The first-order chi connectivity index (χ1) is 10.3. The van der Waals surface area contributed by atoms with Crippen LogP contribution in [0.3, 0.4) is 0 Å². The fourth-order valence-electron chi connectivity index (χ4n) is 2.81. The Morgan fingerprint density at radius 1 is 1.05 bits per heavy atom. The third-order valence-electron chi connectivity index (χ3n) is 3.88. The van der Waals surface area contributed by atoms with Gasteiger partial charge >= 0.3 is 5.16 Å². The van der Waals surface area contributed by atoms with Gasteiger partial charge < -0.3 is 17.0 Å². The Labute approximate surface area is 144 Å². The van der Waals surface area contributed by atoms with Gasteiger partial charge in [0, 0.05) is 5.56 Å². The summed E-state index contributed by atoms with van der Waals surface area (Å²) >= 11 is 1.86. The van der Waals surface area contributed by atoms with Crippen molar-refractivity contribution in [2.75, 3.05) is 0 Å². The highest BCUT2D eigenvalue weighted by Crippen LogP contribution is 2.31. The zero-order valence-electron chi connectivity index (χ0n) is 12.4. The predicted molar refractivity (Wildman–Crippen MR) is 86.8 cm³/mol. The summed E-state index contributed by atoms with van der Waals surface area (Å²) in [5.74, 6) is 0. The predicted octanol–water partition coefficient (Wildman–Crippen LogP) is 0.216. The number of halogens is 1. The maximum Gasteiger partial charge on any atom is 0.345 e. The molecule has 3 nitrogen and oxygen atoms in total. The molecule has 3 aromatic rings. The molecule has 0 amide bonds. The van der Waals surface area contributed by atoms with Crippen molar-refractivity contribution >= 4 is 28.5 Å². The minimum Gasteiger partial charge on any atom is -1.00 e. The summed E-state index contributed by atoms with van der Waals surface area (Å²) in [4.78, 5) is 0. The minimum absolute atomic E-state index is 0. The number of imidazole rings is 1. The van der Waals surface area contributed by atoms with Crippen LogP contribution in [0.25, 0.3) is 11.0 Å². The fourth-order valence-corrected chi connectivity index (χ4v) is 3.91. The third kappa shape index (κ3) is 2.29. The molecule has 4 rings (SSSR count). The van der Waals surface area contributed by atoms with Crippen molar-refractivity contribution in [2.24, 2.45) is 12.1 Å². The van der Waals surface area contributed by atoms with Crippen molar-refractivity contribution in [1.82, 2.24) is 4.68 Å². The summed E-state index contributed by atoms with van der Waals surface area (Å²) < 4.78 is 4.30. The molecule has 1 aliphatic rings. The Kier molecular flexibility index (Phi) is 4.10. The molecule has 22 heavy (non-hydrogen) atoms. The molecule has 0 saturated heterocycles. The molecule has 5 heteroatoms. The lowest BCUT2D eigenvalue weighted by atomic mass is 10.1. The van der Waals surface area contributed by atoms with Crippen LogP contribution in [0.4, 0.5) is 0 Å². The molecule has 0 spiro atoms. The lowest BCUT2D eigenvalue weighted by Gasteiger charge is -2.15. The molecule has 1 aromatic heterocycles. The molecule has 1 unspecified atom stereocenters. The van der Waals surface area contributed by atoms with Gasteiger partial charge in [-0.3, -0.25) is 0 Å². The Bertz CT molecular complexity index is 855. The van der Waals surface area contributed by atoms with Gasteiger partial charge in [-0.25, -0.2) is 4.57 Å². The van der Waals surface area contributed by atoms with Crippen molar-refractivity contribution in [3.05, 3.63) is 60.2 Å². The third-order valence-corrected chi connectivity index (χ3v) is 5.12. The van der Waals surface area contributed by atoms with Gasteiger partial charge in [-0.05, 0) is 30.8 Å². The molecule has 2 aromatic carbocycles. The van der Waals surface area contributed by atoms with Crippen molar-refractivity contribution in [2.45, 2.75) is 17.3 Å². The van der Waals surface area contributed by atoms with Crippen LogP contribution in [0, 0.1) is 0 Å². The molecule has 1 aliphatic heterocycles. The average molecular weight is 374 g/mol. The number of rotatable bonds is 1. The normalized spacial score (nSPS) is 16.8. The largest absolute Gasteiger partial charge is 1.00 e. The molecule has 0 fully saturated rings. The summed E-state index contributed by atoms with van der Waals surface area (Å²) in [5.41, 5.74) is 4.70. The average Bonchev–Trinajstić information content (AvgIpc) is 2.80. The van der Waals surface area contributed by atoms with Crippen LogP contribution in [0.5, 0.6) is 0 Å². The summed E-state index contributed by atoms with van der Waals surface area (Å²) in [6, 6.07) is 18.8. The second-order valence-electron chi connectivity index (χ2n) is 5.25. The van der Waals surface area contributed by atoms with Crippen molar-refractivity contribution in [3.63, 3.8) is 0 Å². The molecule has 0 bridgehead atoms. The number of benzene rings is 2. The number of hydrogen-bond acceptors (Lipinski definition) is 2. The minimum atomic E-state index is 0. The first kappa shape index (κ1) is 15.3. The maximum absolute atomic E-state index is 4.94. The van der Waals surface area contributed by atoms with E-state index in [0.29, 0.717) is 5.25 Å². The van der Waals surface area contributed by atoms with E-state index < -0.39 is 0 Å². The number of thioether (sulfide) groups is 1. The zero-order chi connectivity index (χ0) is 14.4. The lowest BCUT2D eigenvalue weighted by Crippen LogP contribution is -3.00. The Morgan fingerprint density at radius 2 is 1.73 bits per heavy atom. The van der Waals surface area contributed by atoms with Gasteiger partial charge in [-0.2, -0.15) is 0 Å². The molecule has 112 valence electrons. The van der Waals surface area contributed by atoms with E-state index in [1.807, 2.05) is 17.8 Å². The Balaban J connectivity index is 0.00000144. The second-order valence-corrected chi connectivity index (χ2v) is 6.56. The molecule has 2 heterocycles. The highest BCUT2D eigenvalue weighted by Gasteiger charge is 2.32. The molecular weight excluding hydrogens is 358 g/mol. The van der Waals surface area contributed by atoms with Crippen molar-refractivity contribution in [3.8, 4) is 0 Å². The molecule has 0 saturated carbocycles. The number of aromatic nitrogens is 2. The summed E-state index contributed by atoms with van der Waals surface area (Å²) in [6.45, 7) is 2.22. The second kappa shape index (κ2) is 5.89. The van der Waals surface area contributed by atoms with E-state index >= 15 is 0 Å². The van der Waals surface area contributed by atoms with Crippen LogP contribution in [-0.2, 0) is 7.05 Å². The molecule has 1 atom stereocenters. The first-order valence-electron chi connectivity index (χ1n) is 7.06. The van der Waals surface area contributed by atoms with E-state index in [0.717, 1.165) is 11.2 Å². The van der Waals surface area contributed by atoms with E-state index in [2.05, 4.69) is 71.7 Å². The van der Waals surface area contributed by atoms with Crippen molar-refractivity contribution in [1.29, 1.82) is 0 Å². The van der Waals surface area contributed by atoms with Gasteiger partial charge in [0.15, 0.2) is 5.52 Å².